The second kappa shape index (κ2) is 9.59. The molecule has 0 saturated heterocycles. The van der Waals surface area contributed by atoms with E-state index in [1.807, 2.05) is 0 Å². The summed E-state index contributed by atoms with van der Waals surface area (Å²) in [5.74, 6) is -53.0. The van der Waals surface area contributed by atoms with E-state index in [0.717, 1.165) is 13.8 Å². The van der Waals surface area contributed by atoms with Crippen molar-refractivity contribution < 1.29 is 80.2 Å². The number of ether oxygens (including phenoxy) is 1. The van der Waals surface area contributed by atoms with Crippen molar-refractivity contribution in [3.63, 3.8) is 0 Å². The zero-order valence-corrected chi connectivity index (χ0v) is 17.2. The molecule has 0 aromatic rings. The van der Waals surface area contributed by atoms with Gasteiger partial charge in [0.25, 0.3) is 5.91 Å². The molecule has 0 aromatic heterocycles. The predicted molar refractivity (Wildman–Crippen MR) is 83.8 cm³/mol. The molecule has 0 aliphatic carbocycles. The summed E-state index contributed by atoms with van der Waals surface area (Å²) in [4.78, 5) is 22.3. The Kier molecular flexibility index (Phi) is 8.94. The Morgan fingerprint density at radius 3 is 1.43 bits per heavy atom. The van der Waals surface area contributed by atoms with Crippen LogP contribution in [0, 0.1) is 0 Å². The fourth-order valence-electron chi connectivity index (χ4n) is 2.07. The first-order valence-corrected chi connectivity index (χ1v) is 8.65. The Hall–Kier alpha value is -2.37. The van der Waals surface area contributed by atoms with Crippen LogP contribution in [0.2, 0.25) is 0 Å². The number of carbonyl (C=O) groups is 2. The van der Waals surface area contributed by atoms with E-state index < -0.39 is 78.2 Å². The summed E-state index contributed by atoms with van der Waals surface area (Å²) < 4.78 is 202. The second-order valence-electron chi connectivity index (χ2n) is 6.75. The van der Waals surface area contributed by atoms with Crippen LogP contribution in [0.25, 0.3) is 0 Å². The van der Waals surface area contributed by atoms with Crippen LogP contribution < -0.4 is 0 Å². The van der Waals surface area contributed by atoms with Crippen LogP contribution in [-0.4, -0.2) is 78.2 Å². The molecule has 0 bridgehead atoms. The Morgan fingerprint density at radius 1 is 0.714 bits per heavy atom. The molecule has 0 fully saturated rings. The van der Waals surface area contributed by atoms with Gasteiger partial charge in [0.2, 0.25) is 0 Å². The average molecular weight is 553 g/mol. The van der Waals surface area contributed by atoms with Crippen molar-refractivity contribution in [1.29, 1.82) is 0 Å². The van der Waals surface area contributed by atoms with Crippen LogP contribution in [0.3, 0.4) is 0 Å². The Balaban J connectivity index is 6.32. The molecular weight excluding hydrogens is 539 g/mol. The summed E-state index contributed by atoms with van der Waals surface area (Å²) in [6.07, 6.45) is -7.72. The smallest absolute Gasteiger partial charge is 0.460 e. The number of esters is 1. The summed E-state index contributed by atoms with van der Waals surface area (Å²) >= 11 is 0. The van der Waals surface area contributed by atoms with Gasteiger partial charge in [0.05, 0.1) is 6.54 Å². The number of likely N-dealkylation sites (N-methyl/N-ethyl adjacent to an activating group) is 1. The molecule has 0 heterocycles. The van der Waals surface area contributed by atoms with Gasteiger partial charge in [-0.15, -0.1) is 0 Å². The zero-order valence-electron chi connectivity index (χ0n) is 17.2. The van der Waals surface area contributed by atoms with Crippen molar-refractivity contribution in [1.82, 2.24) is 4.90 Å². The average Bonchev–Trinajstić information content (AvgIpc) is 2.68. The molecule has 0 aliphatic heterocycles. The first kappa shape index (κ1) is 32.6. The van der Waals surface area contributed by atoms with Crippen LogP contribution in [0.5, 0.6) is 0 Å². The van der Waals surface area contributed by atoms with Crippen LogP contribution in [0.4, 0.5) is 65.9 Å². The fraction of sp³-hybridized carbons (Fsp3) is 0.750. The lowest BCUT2D eigenvalue weighted by molar-refractivity contribution is -0.449. The van der Waals surface area contributed by atoms with E-state index in [9.17, 15) is 75.4 Å². The number of amides is 1. The first-order chi connectivity index (χ1) is 15.2. The van der Waals surface area contributed by atoms with Crippen LogP contribution >= 0.6 is 0 Å². The third kappa shape index (κ3) is 5.12. The van der Waals surface area contributed by atoms with Gasteiger partial charge in [-0.05, 0) is 13.8 Å². The van der Waals surface area contributed by atoms with Gasteiger partial charge < -0.3 is 9.64 Å². The molecule has 0 radical (unpaired) electrons. The van der Waals surface area contributed by atoms with E-state index in [-0.39, 0.29) is 5.57 Å². The third-order valence-corrected chi connectivity index (χ3v) is 4.21. The highest BCUT2D eigenvalue weighted by Crippen LogP contribution is 2.62. The molecule has 206 valence electrons. The standard InChI is InChI=1S/C16H14F15NO3/c1-4-32(5-6-35-8(33)7(2)3)9(34)10(17,18)11(19,20)12(21,22)13(23,24)14(25,26)15(27,28)16(29,30)31/h2,4-6H2,1,3H3. The molecule has 0 aliphatic rings. The maximum atomic E-state index is 14.0. The van der Waals surface area contributed by atoms with Crippen molar-refractivity contribution in [3.05, 3.63) is 12.2 Å². The largest absolute Gasteiger partial charge is 0.460 e. The van der Waals surface area contributed by atoms with Crippen molar-refractivity contribution in [2.75, 3.05) is 19.7 Å². The number of halogens is 15. The predicted octanol–water partition coefficient (Wildman–Crippen LogP) is 5.33. The molecule has 4 nitrogen and oxygen atoms in total. The lowest BCUT2D eigenvalue weighted by Gasteiger charge is -2.41. The maximum Gasteiger partial charge on any atom is 0.460 e. The van der Waals surface area contributed by atoms with Crippen LogP contribution in [-0.2, 0) is 14.3 Å². The molecule has 0 aromatic carbocycles. The Labute approximate surface area is 185 Å². The molecule has 0 rings (SSSR count). The minimum Gasteiger partial charge on any atom is -0.460 e. The lowest BCUT2D eigenvalue weighted by atomic mass is 9.90. The van der Waals surface area contributed by atoms with Gasteiger partial charge in [-0.1, -0.05) is 6.58 Å². The molecule has 0 N–H and O–H groups in total. The van der Waals surface area contributed by atoms with Crippen LogP contribution in [0.15, 0.2) is 12.2 Å². The van der Waals surface area contributed by atoms with Gasteiger partial charge in [0.1, 0.15) is 6.61 Å². The number of hydrogen-bond acceptors (Lipinski definition) is 3. The van der Waals surface area contributed by atoms with E-state index in [0.29, 0.717) is 0 Å². The molecule has 0 unspecified atom stereocenters. The van der Waals surface area contributed by atoms with Crippen molar-refractivity contribution >= 4 is 11.9 Å². The number of nitrogens with zero attached hydrogens (tertiary/aromatic N) is 1. The first-order valence-electron chi connectivity index (χ1n) is 8.65. The lowest BCUT2D eigenvalue weighted by Crippen LogP contribution is -2.74. The summed E-state index contributed by atoms with van der Waals surface area (Å²) in [7, 11) is 0. The fourth-order valence-corrected chi connectivity index (χ4v) is 2.07. The number of hydrogen-bond donors (Lipinski definition) is 0. The van der Waals surface area contributed by atoms with Crippen LogP contribution in [0.1, 0.15) is 13.8 Å². The van der Waals surface area contributed by atoms with Crippen molar-refractivity contribution in [2.24, 2.45) is 0 Å². The third-order valence-electron chi connectivity index (χ3n) is 4.21. The molecule has 1 amide bonds. The highest BCUT2D eigenvalue weighted by atomic mass is 19.4. The van der Waals surface area contributed by atoms with Gasteiger partial charge in [0.15, 0.2) is 0 Å². The minimum absolute atomic E-state index is 0.297. The van der Waals surface area contributed by atoms with Gasteiger partial charge in [-0.25, -0.2) is 4.79 Å². The number of alkyl halides is 15. The topological polar surface area (TPSA) is 46.6 Å². The van der Waals surface area contributed by atoms with Gasteiger partial charge in [0, 0.05) is 12.1 Å². The quantitative estimate of drug-likeness (QED) is 0.198. The van der Waals surface area contributed by atoms with E-state index in [1.54, 1.807) is 0 Å². The van der Waals surface area contributed by atoms with E-state index in [4.69, 9.17) is 0 Å². The SMILES string of the molecule is C=C(C)C(=O)OCCN(CC)C(=O)C(F)(F)C(F)(F)C(F)(F)C(F)(F)C(F)(F)C(F)(F)C(F)(F)F. The normalized spacial score (nSPS) is 14.5. The zero-order chi connectivity index (χ0) is 28.6. The van der Waals surface area contributed by atoms with Gasteiger partial charge >= 0.3 is 47.7 Å². The van der Waals surface area contributed by atoms with Gasteiger partial charge in [-0.2, -0.15) is 65.9 Å². The van der Waals surface area contributed by atoms with Crippen molar-refractivity contribution in [3.8, 4) is 0 Å². The summed E-state index contributed by atoms with van der Waals surface area (Å²) in [6, 6.07) is 0. The summed E-state index contributed by atoms with van der Waals surface area (Å²) in [5.41, 5.74) is -0.297. The minimum atomic E-state index is -8.49. The van der Waals surface area contributed by atoms with Gasteiger partial charge in [-0.3, -0.25) is 4.79 Å². The van der Waals surface area contributed by atoms with E-state index in [1.165, 1.54) is 0 Å². The Bertz CT molecular complexity index is 820. The van der Waals surface area contributed by atoms with Crippen molar-refractivity contribution in [2.45, 2.75) is 55.6 Å². The molecular formula is C16H14F15NO3. The highest BCUT2D eigenvalue weighted by Gasteiger charge is 2.94. The molecule has 0 saturated carbocycles. The second-order valence-corrected chi connectivity index (χ2v) is 6.75. The highest BCUT2D eigenvalue weighted by molar-refractivity contribution is 5.87. The summed E-state index contributed by atoms with van der Waals surface area (Å²) in [6.45, 7) is 1.38. The molecule has 35 heavy (non-hydrogen) atoms. The number of carbonyl (C=O) groups excluding carboxylic acids is 2. The van der Waals surface area contributed by atoms with E-state index >= 15 is 0 Å². The number of rotatable bonds is 11. The summed E-state index contributed by atoms with van der Waals surface area (Å²) in [5, 5.41) is 0. The molecule has 19 heteroatoms. The monoisotopic (exact) mass is 553 g/mol. The Morgan fingerprint density at radius 2 is 1.09 bits per heavy atom. The molecule has 0 spiro atoms. The maximum absolute atomic E-state index is 14.0. The van der Waals surface area contributed by atoms with E-state index in [2.05, 4.69) is 11.3 Å². The molecule has 0 atom stereocenters.